The molecule has 2 aromatic rings. The predicted octanol–water partition coefficient (Wildman–Crippen LogP) is 3.50. The minimum atomic E-state index is 0.256. The Labute approximate surface area is 113 Å². The van der Waals surface area contributed by atoms with Crippen molar-refractivity contribution in [1.29, 1.82) is 0 Å². The summed E-state index contributed by atoms with van der Waals surface area (Å²) in [7, 11) is 1.98. The third kappa shape index (κ3) is 2.51. The molecule has 0 spiro atoms. The van der Waals surface area contributed by atoms with Crippen molar-refractivity contribution < 1.29 is 9.15 Å². The summed E-state index contributed by atoms with van der Waals surface area (Å²) in [6, 6.07) is 12.6. The molecule has 0 saturated carbocycles. The van der Waals surface area contributed by atoms with Gasteiger partial charge in [0.2, 0.25) is 0 Å². The maximum atomic E-state index is 5.72. The van der Waals surface area contributed by atoms with E-state index >= 15 is 0 Å². The van der Waals surface area contributed by atoms with E-state index in [0.29, 0.717) is 5.92 Å². The Kier molecular flexibility index (Phi) is 3.56. The molecule has 1 aromatic carbocycles. The van der Waals surface area contributed by atoms with Crippen molar-refractivity contribution in [1.82, 2.24) is 5.32 Å². The van der Waals surface area contributed by atoms with E-state index in [1.807, 2.05) is 25.2 Å². The summed E-state index contributed by atoms with van der Waals surface area (Å²) < 4.78 is 11.2. The van der Waals surface area contributed by atoms with Crippen LogP contribution in [-0.4, -0.2) is 13.7 Å². The fraction of sp³-hybridized carbons (Fsp3) is 0.375. The lowest BCUT2D eigenvalue weighted by Crippen LogP contribution is -2.22. The van der Waals surface area contributed by atoms with Gasteiger partial charge < -0.3 is 14.5 Å². The van der Waals surface area contributed by atoms with Crippen LogP contribution in [0.15, 0.2) is 47.1 Å². The number of benzene rings is 1. The molecule has 3 nitrogen and oxygen atoms in total. The van der Waals surface area contributed by atoms with Crippen LogP contribution < -0.4 is 10.1 Å². The molecule has 0 radical (unpaired) electrons. The normalized spacial score (nSPS) is 19.5. The number of hydrogen-bond donors (Lipinski definition) is 1. The second-order valence-corrected chi connectivity index (χ2v) is 4.96. The lowest BCUT2D eigenvalue weighted by molar-refractivity contribution is 0.252. The van der Waals surface area contributed by atoms with Crippen molar-refractivity contribution in [3.63, 3.8) is 0 Å². The highest BCUT2D eigenvalue weighted by atomic mass is 16.5. The second kappa shape index (κ2) is 5.49. The first kappa shape index (κ1) is 12.3. The highest BCUT2D eigenvalue weighted by Crippen LogP contribution is 2.38. The van der Waals surface area contributed by atoms with Crippen molar-refractivity contribution in [2.24, 2.45) is 0 Å². The third-order valence-electron chi connectivity index (χ3n) is 3.84. The van der Waals surface area contributed by atoms with E-state index in [1.165, 1.54) is 5.56 Å². The standard InChI is InChI=1S/C16H19NO2/c1-17-14(16-7-4-9-18-16)11-12-8-10-19-15-6-3-2-5-13(12)15/h2-7,9,12,14,17H,8,10-11H2,1H3. The topological polar surface area (TPSA) is 34.4 Å². The molecule has 3 heteroatoms. The fourth-order valence-corrected chi connectivity index (χ4v) is 2.81. The number of para-hydroxylation sites is 1. The molecule has 19 heavy (non-hydrogen) atoms. The van der Waals surface area contributed by atoms with Crippen molar-refractivity contribution in [2.45, 2.75) is 24.8 Å². The molecule has 3 rings (SSSR count). The van der Waals surface area contributed by atoms with Gasteiger partial charge in [0, 0.05) is 0 Å². The monoisotopic (exact) mass is 257 g/mol. The highest BCUT2D eigenvalue weighted by molar-refractivity contribution is 5.38. The molecule has 2 atom stereocenters. The van der Waals surface area contributed by atoms with Gasteiger partial charge in [-0.25, -0.2) is 0 Å². The molecule has 0 bridgehead atoms. The van der Waals surface area contributed by atoms with E-state index in [0.717, 1.165) is 31.0 Å². The molecule has 1 N–H and O–H groups in total. The van der Waals surface area contributed by atoms with Crippen LogP contribution in [0.1, 0.15) is 36.1 Å². The van der Waals surface area contributed by atoms with Gasteiger partial charge in [0.05, 0.1) is 18.9 Å². The van der Waals surface area contributed by atoms with E-state index in [9.17, 15) is 0 Å². The maximum absolute atomic E-state index is 5.72. The Bertz CT molecular complexity index is 521. The van der Waals surface area contributed by atoms with Crippen molar-refractivity contribution in [3.8, 4) is 5.75 Å². The molecule has 100 valence electrons. The van der Waals surface area contributed by atoms with Gasteiger partial charge in [0.1, 0.15) is 11.5 Å². The first-order valence-electron chi connectivity index (χ1n) is 6.81. The van der Waals surface area contributed by atoms with E-state index < -0.39 is 0 Å². The largest absolute Gasteiger partial charge is 0.493 e. The number of fused-ring (bicyclic) bond motifs is 1. The minimum absolute atomic E-state index is 0.256. The molecule has 0 fully saturated rings. The number of furan rings is 1. The molecule has 2 heterocycles. The molecule has 1 aliphatic heterocycles. The summed E-state index contributed by atoms with van der Waals surface area (Å²) in [5.41, 5.74) is 1.32. The Hall–Kier alpha value is -1.74. The second-order valence-electron chi connectivity index (χ2n) is 4.96. The van der Waals surface area contributed by atoms with Gasteiger partial charge in [0.25, 0.3) is 0 Å². The van der Waals surface area contributed by atoms with E-state index in [-0.39, 0.29) is 6.04 Å². The zero-order valence-electron chi connectivity index (χ0n) is 11.1. The Balaban J connectivity index is 1.80. The molecule has 2 unspecified atom stereocenters. The van der Waals surface area contributed by atoms with Gasteiger partial charge in [-0.2, -0.15) is 0 Å². The lowest BCUT2D eigenvalue weighted by Gasteiger charge is -2.28. The SMILES string of the molecule is CNC(CC1CCOc2ccccc21)c1ccco1. The van der Waals surface area contributed by atoms with E-state index in [1.54, 1.807) is 6.26 Å². The van der Waals surface area contributed by atoms with E-state index in [2.05, 4.69) is 23.5 Å². The summed E-state index contributed by atoms with van der Waals surface area (Å²) in [5, 5.41) is 3.35. The van der Waals surface area contributed by atoms with Gasteiger partial charge in [-0.05, 0) is 49.6 Å². The third-order valence-corrected chi connectivity index (χ3v) is 3.84. The van der Waals surface area contributed by atoms with Crippen LogP contribution in [-0.2, 0) is 0 Å². The van der Waals surface area contributed by atoms with Gasteiger partial charge in [-0.15, -0.1) is 0 Å². The van der Waals surface area contributed by atoms with Crippen molar-refractivity contribution in [2.75, 3.05) is 13.7 Å². The predicted molar refractivity (Wildman–Crippen MR) is 74.4 cm³/mol. The van der Waals surface area contributed by atoms with Gasteiger partial charge in [-0.1, -0.05) is 18.2 Å². The number of hydrogen-bond acceptors (Lipinski definition) is 3. The number of ether oxygens (including phenoxy) is 1. The molecular weight excluding hydrogens is 238 g/mol. The zero-order valence-corrected chi connectivity index (χ0v) is 11.1. The summed E-state index contributed by atoms with van der Waals surface area (Å²) in [6.07, 6.45) is 3.83. The lowest BCUT2D eigenvalue weighted by atomic mass is 9.87. The van der Waals surface area contributed by atoms with Crippen LogP contribution in [0.25, 0.3) is 0 Å². The zero-order chi connectivity index (χ0) is 13.1. The van der Waals surface area contributed by atoms with Crippen LogP contribution in [0.4, 0.5) is 0 Å². The summed E-state index contributed by atoms with van der Waals surface area (Å²) in [4.78, 5) is 0. The Morgan fingerprint density at radius 3 is 2.95 bits per heavy atom. The average molecular weight is 257 g/mol. The summed E-state index contributed by atoms with van der Waals surface area (Å²) in [5.74, 6) is 2.56. The summed E-state index contributed by atoms with van der Waals surface area (Å²) >= 11 is 0. The Morgan fingerprint density at radius 2 is 2.16 bits per heavy atom. The minimum Gasteiger partial charge on any atom is -0.493 e. The molecule has 1 aliphatic rings. The maximum Gasteiger partial charge on any atom is 0.122 e. The van der Waals surface area contributed by atoms with Gasteiger partial charge in [0.15, 0.2) is 0 Å². The van der Waals surface area contributed by atoms with Crippen molar-refractivity contribution >= 4 is 0 Å². The molecular formula is C16H19NO2. The quantitative estimate of drug-likeness (QED) is 0.910. The first-order chi connectivity index (χ1) is 9.38. The number of rotatable bonds is 4. The molecule has 0 aliphatic carbocycles. The van der Waals surface area contributed by atoms with Crippen LogP contribution in [0.3, 0.4) is 0 Å². The fourth-order valence-electron chi connectivity index (χ4n) is 2.81. The molecule has 0 saturated heterocycles. The van der Waals surface area contributed by atoms with Crippen molar-refractivity contribution in [3.05, 3.63) is 54.0 Å². The average Bonchev–Trinajstić information content (AvgIpc) is 2.99. The van der Waals surface area contributed by atoms with Crippen LogP contribution >= 0.6 is 0 Å². The smallest absolute Gasteiger partial charge is 0.122 e. The Morgan fingerprint density at radius 1 is 1.26 bits per heavy atom. The molecule has 1 aromatic heterocycles. The van der Waals surface area contributed by atoms with Crippen LogP contribution in [0.5, 0.6) is 5.75 Å². The van der Waals surface area contributed by atoms with E-state index in [4.69, 9.17) is 9.15 Å². The molecule has 0 amide bonds. The first-order valence-corrected chi connectivity index (χ1v) is 6.81. The van der Waals surface area contributed by atoms with Gasteiger partial charge >= 0.3 is 0 Å². The van der Waals surface area contributed by atoms with Crippen LogP contribution in [0, 0.1) is 0 Å². The summed E-state index contributed by atoms with van der Waals surface area (Å²) in [6.45, 7) is 0.802. The van der Waals surface area contributed by atoms with Crippen LogP contribution in [0.2, 0.25) is 0 Å². The highest BCUT2D eigenvalue weighted by Gasteiger charge is 2.25. The number of nitrogens with one attached hydrogen (secondary N) is 1. The van der Waals surface area contributed by atoms with Gasteiger partial charge in [-0.3, -0.25) is 0 Å².